The zero-order valence-electron chi connectivity index (χ0n) is 13.2. The highest BCUT2D eigenvalue weighted by molar-refractivity contribution is 6.29. The third kappa shape index (κ3) is 3.62. The second kappa shape index (κ2) is 7.36. The second-order valence-corrected chi connectivity index (χ2v) is 6.66. The van der Waals surface area contributed by atoms with Gasteiger partial charge in [-0.1, -0.05) is 41.9 Å². The number of benzene rings is 1. The number of amides is 1. The van der Waals surface area contributed by atoms with Gasteiger partial charge in [-0.15, -0.1) is 0 Å². The van der Waals surface area contributed by atoms with Crippen LogP contribution in [0, 0.1) is 11.8 Å². The molecule has 0 aromatic heterocycles. The number of hydrogen-bond acceptors (Lipinski definition) is 4. The molecule has 24 heavy (non-hydrogen) atoms. The van der Waals surface area contributed by atoms with Crippen molar-refractivity contribution in [1.82, 2.24) is 5.32 Å². The van der Waals surface area contributed by atoms with E-state index in [9.17, 15) is 14.7 Å². The molecule has 1 aromatic rings. The van der Waals surface area contributed by atoms with Crippen LogP contribution in [0.2, 0.25) is 0 Å². The van der Waals surface area contributed by atoms with Gasteiger partial charge in [0.15, 0.2) is 0 Å². The minimum Gasteiger partial charge on any atom is -0.550 e. The van der Waals surface area contributed by atoms with Gasteiger partial charge in [-0.2, -0.15) is 0 Å². The molecule has 1 aromatic carbocycles. The number of carbonyl (C=O) groups is 2. The quantitative estimate of drug-likeness (QED) is 0.890. The molecule has 3 atom stereocenters. The zero-order valence-corrected chi connectivity index (χ0v) is 13.9. The topological polar surface area (TPSA) is 78.5 Å². The highest BCUT2D eigenvalue weighted by Crippen LogP contribution is 2.32. The molecule has 0 bridgehead atoms. The van der Waals surface area contributed by atoms with Crippen LogP contribution in [0.25, 0.3) is 0 Å². The number of nitrogens with one attached hydrogen (secondary N) is 1. The van der Waals surface area contributed by atoms with Crippen LogP contribution in [0.15, 0.2) is 35.4 Å². The number of hydrogen-bond donors (Lipinski definition) is 1. The predicted octanol–water partition coefficient (Wildman–Crippen LogP) is 1.32. The van der Waals surface area contributed by atoms with Crippen molar-refractivity contribution in [2.75, 3.05) is 13.2 Å². The van der Waals surface area contributed by atoms with Gasteiger partial charge in [-0.3, -0.25) is 4.79 Å². The molecule has 5 nitrogen and oxygen atoms in total. The van der Waals surface area contributed by atoms with Crippen molar-refractivity contribution < 1.29 is 19.4 Å². The molecular formula is C18H19ClNO4-. The molecule has 3 unspecified atom stereocenters. The van der Waals surface area contributed by atoms with Crippen molar-refractivity contribution in [2.24, 2.45) is 11.8 Å². The van der Waals surface area contributed by atoms with E-state index in [0.717, 1.165) is 12.0 Å². The Bertz CT molecular complexity index is 673. The summed E-state index contributed by atoms with van der Waals surface area (Å²) in [6, 6.07) is 7.99. The maximum atomic E-state index is 12.5. The van der Waals surface area contributed by atoms with Gasteiger partial charge >= 0.3 is 0 Å². The molecule has 0 saturated heterocycles. The summed E-state index contributed by atoms with van der Waals surface area (Å²) in [6.45, 7) is 0.921. The Labute approximate surface area is 145 Å². The van der Waals surface area contributed by atoms with Gasteiger partial charge in [0.1, 0.15) is 6.10 Å². The van der Waals surface area contributed by atoms with E-state index in [-0.39, 0.29) is 24.9 Å². The summed E-state index contributed by atoms with van der Waals surface area (Å²) in [5.41, 5.74) is 2.29. The van der Waals surface area contributed by atoms with Gasteiger partial charge in [0, 0.05) is 23.5 Å². The maximum absolute atomic E-state index is 12.5. The Morgan fingerprint density at radius 1 is 1.29 bits per heavy atom. The van der Waals surface area contributed by atoms with Crippen molar-refractivity contribution in [2.45, 2.75) is 25.4 Å². The SMILES string of the molecule is O=C([O-])C1CC=C(Cl)CC1C(=O)NCC1OCCc2ccccc21. The maximum Gasteiger partial charge on any atom is 0.224 e. The van der Waals surface area contributed by atoms with Gasteiger partial charge in [0.05, 0.1) is 12.5 Å². The zero-order chi connectivity index (χ0) is 17.1. The van der Waals surface area contributed by atoms with E-state index < -0.39 is 17.8 Å². The summed E-state index contributed by atoms with van der Waals surface area (Å²) in [6.07, 6.45) is 2.74. The van der Waals surface area contributed by atoms with Crippen molar-refractivity contribution in [3.8, 4) is 0 Å². The molecule has 128 valence electrons. The minimum absolute atomic E-state index is 0.213. The van der Waals surface area contributed by atoms with E-state index in [1.807, 2.05) is 18.2 Å². The van der Waals surface area contributed by atoms with Crippen LogP contribution in [0.1, 0.15) is 30.1 Å². The Morgan fingerprint density at radius 2 is 2.08 bits per heavy atom. The van der Waals surface area contributed by atoms with Crippen LogP contribution in [-0.2, 0) is 20.7 Å². The summed E-state index contributed by atoms with van der Waals surface area (Å²) < 4.78 is 5.76. The molecule has 0 saturated carbocycles. The molecule has 0 spiro atoms. The number of carboxylic acids is 1. The van der Waals surface area contributed by atoms with Gasteiger partial charge in [-0.25, -0.2) is 0 Å². The minimum atomic E-state index is -1.21. The third-order valence-corrected chi connectivity index (χ3v) is 5.00. The van der Waals surface area contributed by atoms with Crippen LogP contribution in [-0.4, -0.2) is 25.0 Å². The first kappa shape index (κ1) is 17.0. The number of carbonyl (C=O) groups excluding carboxylic acids is 2. The van der Waals surface area contributed by atoms with E-state index in [2.05, 4.69) is 11.4 Å². The Kier molecular flexibility index (Phi) is 5.21. The average molecular weight is 349 g/mol. The second-order valence-electron chi connectivity index (χ2n) is 6.18. The fourth-order valence-corrected chi connectivity index (χ4v) is 3.62. The number of ether oxygens (including phenoxy) is 1. The Morgan fingerprint density at radius 3 is 2.88 bits per heavy atom. The number of halogens is 1. The van der Waals surface area contributed by atoms with Crippen LogP contribution < -0.4 is 10.4 Å². The first-order valence-corrected chi connectivity index (χ1v) is 8.46. The summed E-state index contributed by atoms with van der Waals surface area (Å²) in [5, 5.41) is 14.6. The van der Waals surface area contributed by atoms with E-state index in [0.29, 0.717) is 18.2 Å². The van der Waals surface area contributed by atoms with Crippen molar-refractivity contribution in [3.05, 3.63) is 46.5 Å². The average Bonchev–Trinajstić information content (AvgIpc) is 2.59. The van der Waals surface area contributed by atoms with Gasteiger partial charge < -0.3 is 20.0 Å². The lowest BCUT2D eigenvalue weighted by atomic mass is 9.82. The predicted molar refractivity (Wildman–Crippen MR) is 87.0 cm³/mol. The molecule has 6 heteroatoms. The van der Waals surface area contributed by atoms with Crippen molar-refractivity contribution in [3.63, 3.8) is 0 Å². The summed E-state index contributed by atoms with van der Waals surface area (Å²) >= 11 is 5.98. The number of rotatable bonds is 4. The van der Waals surface area contributed by atoms with Gasteiger partial charge in [0.2, 0.25) is 5.91 Å². The molecule has 1 heterocycles. The van der Waals surface area contributed by atoms with Gasteiger partial charge in [-0.05, 0) is 30.4 Å². The Hall–Kier alpha value is -1.85. The molecule has 3 rings (SSSR count). The smallest absolute Gasteiger partial charge is 0.224 e. The number of aliphatic carboxylic acids is 1. The normalized spacial score (nSPS) is 26.2. The number of allylic oxidation sites excluding steroid dienone is 2. The standard InChI is InChI=1S/C18H20ClNO4/c19-12-5-6-14(18(22)23)15(9-12)17(21)20-10-16-13-4-2-1-3-11(13)7-8-24-16/h1-5,14-16H,6-10H2,(H,20,21)(H,22,23)/p-1. The fraction of sp³-hybridized carbons (Fsp3) is 0.444. The lowest BCUT2D eigenvalue weighted by molar-refractivity contribution is -0.313. The van der Waals surface area contributed by atoms with Crippen molar-refractivity contribution >= 4 is 23.5 Å². The lowest BCUT2D eigenvalue weighted by Crippen LogP contribution is -2.45. The number of fused-ring (bicyclic) bond motifs is 1. The molecule has 2 aliphatic rings. The summed E-state index contributed by atoms with van der Waals surface area (Å²) in [7, 11) is 0. The molecule has 1 N–H and O–H groups in total. The first-order chi connectivity index (χ1) is 11.6. The molecule has 1 amide bonds. The molecule has 1 aliphatic carbocycles. The van der Waals surface area contributed by atoms with E-state index in [1.54, 1.807) is 6.08 Å². The van der Waals surface area contributed by atoms with E-state index in [4.69, 9.17) is 16.3 Å². The highest BCUT2D eigenvalue weighted by atomic mass is 35.5. The van der Waals surface area contributed by atoms with Crippen LogP contribution in [0.5, 0.6) is 0 Å². The van der Waals surface area contributed by atoms with Crippen molar-refractivity contribution in [1.29, 1.82) is 0 Å². The van der Waals surface area contributed by atoms with Crippen LogP contribution in [0.3, 0.4) is 0 Å². The first-order valence-electron chi connectivity index (χ1n) is 8.08. The molecule has 0 fully saturated rings. The van der Waals surface area contributed by atoms with E-state index >= 15 is 0 Å². The summed E-state index contributed by atoms with van der Waals surface area (Å²) in [4.78, 5) is 23.7. The monoisotopic (exact) mass is 348 g/mol. The molecule has 1 aliphatic heterocycles. The van der Waals surface area contributed by atoms with Crippen LogP contribution >= 0.6 is 11.6 Å². The number of carboxylic acid groups (broad SMARTS) is 1. The fourth-order valence-electron chi connectivity index (χ4n) is 3.36. The van der Waals surface area contributed by atoms with E-state index in [1.165, 1.54) is 5.56 Å². The van der Waals surface area contributed by atoms with Gasteiger partial charge in [0.25, 0.3) is 0 Å². The molecule has 0 radical (unpaired) electrons. The van der Waals surface area contributed by atoms with Crippen LogP contribution in [0.4, 0.5) is 0 Å². The third-order valence-electron chi connectivity index (χ3n) is 4.69. The highest BCUT2D eigenvalue weighted by Gasteiger charge is 2.32. The Balaban J connectivity index is 1.65. The molecular weight excluding hydrogens is 330 g/mol. The largest absolute Gasteiger partial charge is 0.550 e. The summed E-state index contributed by atoms with van der Waals surface area (Å²) in [5.74, 6) is -3.07. The lowest BCUT2D eigenvalue weighted by Gasteiger charge is -2.31.